The molecule has 1 atom stereocenters. The number of hydrogen-bond donors (Lipinski definition) is 2. The van der Waals surface area contributed by atoms with Gasteiger partial charge in [-0.05, 0) is 58.8 Å². The fourth-order valence-corrected chi connectivity index (χ4v) is 3.53. The van der Waals surface area contributed by atoms with Crippen molar-refractivity contribution in [2.45, 2.75) is 44.6 Å². The van der Waals surface area contributed by atoms with Crippen LogP contribution in [-0.4, -0.2) is 24.2 Å². The predicted octanol–water partition coefficient (Wildman–Crippen LogP) is 2.68. The third-order valence-corrected chi connectivity index (χ3v) is 4.45. The minimum absolute atomic E-state index is 0.306. The van der Waals surface area contributed by atoms with Gasteiger partial charge < -0.3 is 15.6 Å². The van der Waals surface area contributed by atoms with Crippen molar-refractivity contribution in [1.29, 1.82) is 0 Å². The Kier molecular flexibility index (Phi) is 5.05. The van der Waals surface area contributed by atoms with Crippen LogP contribution in [-0.2, 0) is 24.1 Å². The van der Waals surface area contributed by atoms with Gasteiger partial charge in [0.1, 0.15) is 11.8 Å². The summed E-state index contributed by atoms with van der Waals surface area (Å²) < 4.78 is 6.35. The van der Waals surface area contributed by atoms with Gasteiger partial charge in [0, 0.05) is 12.0 Å². The van der Waals surface area contributed by atoms with Crippen molar-refractivity contribution in [3.8, 4) is 5.75 Å². The second-order valence-electron chi connectivity index (χ2n) is 5.22. The first-order chi connectivity index (χ1) is 9.54. The minimum atomic E-state index is -0.977. The molecule has 0 bridgehead atoms. The lowest BCUT2D eigenvalue weighted by Crippen LogP contribution is -2.33. The van der Waals surface area contributed by atoms with Gasteiger partial charge in [0.05, 0.1) is 11.6 Å². The monoisotopic (exact) mass is 341 g/mol. The molecule has 0 heterocycles. The summed E-state index contributed by atoms with van der Waals surface area (Å²) in [5, 5.41) is 9.06. The van der Waals surface area contributed by atoms with Crippen molar-refractivity contribution >= 4 is 21.9 Å². The van der Waals surface area contributed by atoms with Gasteiger partial charge in [0.2, 0.25) is 0 Å². The topological polar surface area (TPSA) is 72.5 Å². The van der Waals surface area contributed by atoms with Crippen LogP contribution in [0.3, 0.4) is 0 Å². The molecule has 0 amide bonds. The number of fused-ring (bicyclic) bond motifs is 1. The summed E-state index contributed by atoms with van der Waals surface area (Å²) in [6, 6.07) is 1.21. The van der Waals surface area contributed by atoms with Crippen molar-refractivity contribution in [2.24, 2.45) is 5.73 Å². The van der Waals surface area contributed by atoms with Gasteiger partial charge in [-0.1, -0.05) is 6.42 Å². The van der Waals surface area contributed by atoms with Crippen LogP contribution in [0.2, 0.25) is 0 Å². The molecular weight excluding hydrogens is 322 g/mol. The molecule has 0 saturated carbocycles. The van der Waals surface area contributed by atoms with E-state index in [4.69, 9.17) is 15.6 Å². The maximum Gasteiger partial charge on any atom is 0.320 e. The lowest BCUT2D eigenvalue weighted by Gasteiger charge is -2.19. The first-order valence-electron chi connectivity index (χ1n) is 6.90. The molecule has 0 fully saturated rings. The number of carboxylic acids is 1. The van der Waals surface area contributed by atoms with Gasteiger partial charge in [-0.3, -0.25) is 4.79 Å². The Morgan fingerprint density at radius 1 is 1.45 bits per heavy atom. The highest BCUT2D eigenvalue weighted by atomic mass is 79.9. The summed E-state index contributed by atoms with van der Waals surface area (Å²) in [4.78, 5) is 11.0. The fraction of sp³-hybridized carbons (Fsp3) is 0.533. The Bertz CT molecular complexity index is 516. The molecule has 3 N–H and O–H groups in total. The Labute approximate surface area is 127 Å². The number of nitrogens with two attached hydrogens (primary N) is 1. The van der Waals surface area contributed by atoms with Crippen LogP contribution in [0.4, 0.5) is 0 Å². The summed E-state index contributed by atoms with van der Waals surface area (Å²) in [5.74, 6) is -0.253. The molecule has 1 unspecified atom stereocenters. The second-order valence-corrected chi connectivity index (χ2v) is 6.07. The van der Waals surface area contributed by atoms with Crippen LogP contribution >= 0.6 is 15.9 Å². The average Bonchev–Trinajstić information content (AvgIpc) is 2.63. The molecule has 0 aliphatic heterocycles. The number of carboxylic acid groups (broad SMARTS) is 1. The molecule has 1 aliphatic carbocycles. The average molecular weight is 342 g/mol. The molecule has 0 saturated heterocycles. The zero-order chi connectivity index (χ0) is 14.7. The van der Waals surface area contributed by atoms with E-state index in [1.54, 1.807) is 7.11 Å². The van der Waals surface area contributed by atoms with E-state index in [1.165, 1.54) is 24.0 Å². The summed E-state index contributed by atoms with van der Waals surface area (Å²) >= 11 is 3.53. The second kappa shape index (κ2) is 6.59. The van der Waals surface area contributed by atoms with Gasteiger partial charge in [-0.15, -0.1) is 0 Å². The summed E-state index contributed by atoms with van der Waals surface area (Å²) in [7, 11) is 1.61. The minimum Gasteiger partial charge on any atom is -0.495 e. The van der Waals surface area contributed by atoms with E-state index < -0.39 is 12.0 Å². The largest absolute Gasteiger partial charge is 0.495 e. The molecular formula is C15H20BrNO3. The van der Waals surface area contributed by atoms with Crippen LogP contribution in [0.5, 0.6) is 5.75 Å². The summed E-state index contributed by atoms with van der Waals surface area (Å²) in [5.41, 5.74) is 9.21. The molecule has 1 aromatic rings. The predicted molar refractivity (Wildman–Crippen MR) is 81.3 cm³/mol. The number of methoxy groups -OCH3 is 1. The quantitative estimate of drug-likeness (QED) is 0.826. The van der Waals surface area contributed by atoms with Gasteiger partial charge >= 0.3 is 5.97 Å². The molecule has 4 nitrogen and oxygen atoms in total. The normalized spacial score (nSPS) is 16.1. The molecule has 0 spiro atoms. The van der Waals surface area contributed by atoms with E-state index in [-0.39, 0.29) is 0 Å². The van der Waals surface area contributed by atoms with E-state index in [0.29, 0.717) is 6.42 Å². The number of ether oxygens (including phenoxy) is 1. The standard InChI is InChI=1S/C15H20BrNO3/c1-20-14-11(8-13(17)15(18)19)10-6-4-2-3-5-9(10)7-12(14)16/h7,13H,2-6,8,17H2,1H3,(H,18,19). The number of rotatable bonds is 4. The molecule has 20 heavy (non-hydrogen) atoms. The van der Waals surface area contributed by atoms with Crippen molar-refractivity contribution in [2.75, 3.05) is 7.11 Å². The highest BCUT2D eigenvalue weighted by Gasteiger charge is 2.23. The van der Waals surface area contributed by atoms with Crippen LogP contribution in [0, 0.1) is 0 Å². The number of hydrogen-bond acceptors (Lipinski definition) is 3. The number of carbonyl (C=O) groups is 1. The molecule has 110 valence electrons. The van der Waals surface area contributed by atoms with Crippen LogP contribution in [0.15, 0.2) is 10.5 Å². The zero-order valence-electron chi connectivity index (χ0n) is 11.6. The van der Waals surface area contributed by atoms with Crippen LogP contribution < -0.4 is 10.5 Å². The lowest BCUT2D eigenvalue weighted by molar-refractivity contribution is -0.138. The van der Waals surface area contributed by atoms with E-state index in [1.807, 2.05) is 0 Å². The molecule has 0 aromatic heterocycles. The number of aryl methyl sites for hydroxylation is 1. The number of benzene rings is 1. The first kappa shape index (κ1) is 15.3. The first-order valence-corrected chi connectivity index (χ1v) is 7.69. The van der Waals surface area contributed by atoms with Crippen molar-refractivity contribution in [3.63, 3.8) is 0 Å². The lowest BCUT2D eigenvalue weighted by atomic mass is 9.92. The number of aliphatic carboxylic acids is 1. The van der Waals surface area contributed by atoms with Crippen molar-refractivity contribution in [1.82, 2.24) is 0 Å². The molecule has 2 rings (SSSR count). The summed E-state index contributed by atoms with van der Waals surface area (Å²) in [6.07, 6.45) is 5.83. The van der Waals surface area contributed by atoms with E-state index in [2.05, 4.69) is 22.0 Å². The SMILES string of the molecule is COc1c(Br)cc2c(c1CC(N)C(=O)O)CCCCC2. The van der Waals surface area contributed by atoms with E-state index in [9.17, 15) is 4.79 Å². The molecule has 1 aliphatic rings. The fourth-order valence-electron chi connectivity index (χ4n) is 2.85. The van der Waals surface area contributed by atoms with Gasteiger partial charge in [-0.25, -0.2) is 0 Å². The van der Waals surface area contributed by atoms with Crippen molar-refractivity contribution < 1.29 is 14.6 Å². The maximum atomic E-state index is 11.0. The van der Waals surface area contributed by atoms with E-state index >= 15 is 0 Å². The third kappa shape index (κ3) is 3.15. The van der Waals surface area contributed by atoms with Crippen LogP contribution in [0.25, 0.3) is 0 Å². The summed E-state index contributed by atoms with van der Waals surface area (Å²) in [6.45, 7) is 0. The van der Waals surface area contributed by atoms with Gasteiger partial charge in [0.25, 0.3) is 0 Å². The van der Waals surface area contributed by atoms with E-state index in [0.717, 1.165) is 35.0 Å². The third-order valence-electron chi connectivity index (χ3n) is 3.86. The molecule has 1 aromatic carbocycles. The maximum absolute atomic E-state index is 11.0. The van der Waals surface area contributed by atoms with Gasteiger partial charge in [-0.2, -0.15) is 0 Å². The van der Waals surface area contributed by atoms with Crippen LogP contribution in [0.1, 0.15) is 36.0 Å². The highest BCUT2D eigenvalue weighted by molar-refractivity contribution is 9.10. The van der Waals surface area contributed by atoms with Crippen molar-refractivity contribution in [3.05, 3.63) is 27.2 Å². The smallest absolute Gasteiger partial charge is 0.320 e. The molecule has 0 radical (unpaired) electrons. The molecule has 5 heteroatoms. The Morgan fingerprint density at radius 3 is 2.80 bits per heavy atom. The van der Waals surface area contributed by atoms with Gasteiger partial charge in [0.15, 0.2) is 0 Å². The number of halogens is 1. The Hall–Kier alpha value is -1.07. The Balaban J connectivity index is 2.49. The zero-order valence-corrected chi connectivity index (χ0v) is 13.2. The highest BCUT2D eigenvalue weighted by Crippen LogP contribution is 2.37. The Morgan fingerprint density at radius 2 is 2.15 bits per heavy atom.